The van der Waals surface area contributed by atoms with Gasteiger partial charge in [0.25, 0.3) is 0 Å². The van der Waals surface area contributed by atoms with Crippen LogP contribution in [0.25, 0.3) is 10.9 Å². The van der Waals surface area contributed by atoms with E-state index in [0.717, 1.165) is 29.2 Å². The van der Waals surface area contributed by atoms with Gasteiger partial charge in [-0.05, 0) is 29.8 Å². The fraction of sp³-hybridized carbons (Fsp3) is 0.0800. The summed E-state index contributed by atoms with van der Waals surface area (Å²) in [5.41, 5.74) is 1.03. The maximum absolute atomic E-state index is 13.8. The molecule has 0 saturated carbocycles. The normalized spacial score (nSPS) is 13.0. The predicted octanol–water partition coefficient (Wildman–Crippen LogP) is 6.04. The summed E-state index contributed by atoms with van der Waals surface area (Å²) < 4.78 is 63.2. The van der Waals surface area contributed by atoms with Gasteiger partial charge >= 0.3 is 0 Å². The van der Waals surface area contributed by atoms with Gasteiger partial charge in [0.2, 0.25) is 12.7 Å². The quantitative estimate of drug-likeness (QED) is 0.192. The van der Waals surface area contributed by atoms with E-state index >= 15 is 0 Å². The zero-order chi connectivity index (χ0) is 27.7. The van der Waals surface area contributed by atoms with Crippen LogP contribution >= 0.6 is 11.6 Å². The van der Waals surface area contributed by atoms with E-state index in [-0.39, 0.29) is 44.4 Å². The molecule has 0 radical (unpaired) electrons. The van der Waals surface area contributed by atoms with E-state index in [1.807, 2.05) is 6.07 Å². The Labute approximate surface area is 218 Å². The fourth-order valence-electron chi connectivity index (χ4n) is 3.70. The maximum atomic E-state index is 13.8. The first-order chi connectivity index (χ1) is 18.7. The molecule has 0 fully saturated rings. The number of rotatable bonds is 7. The lowest BCUT2D eigenvalue weighted by atomic mass is 10.0. The third-order valence-corrected chi connectivity index (χ3v) is 5.70. The van der Waals surface area contributed by atoms with Crippen LogP contribution in [0, 0.1) is 28.9 Å². The summed E-state index contributed by atoms with van der Waals surface area (Å²) in [7, 11) is 0. The predicted molar refractivity (Wildman–Crippen MR) is 132 cm³/mol. The first kappa shape index (κ1) is 23.6. The fourth-order valence-corrected chi connectivity index (χ4v) is 3.97. The van der Waals surface area contributed by atoms with Crippen LogP contribution in [-0.2, 0) is 6.80 Å². The molecule has 8 nitrogen and oxygen atoms in total. The van der Waals surface area contributed by atoms with E-state index in [4.69, 9.17) is 11.6 Å². The van der Waals surface area contributed by atoms with Gasteiger partial charge in [-0.2, -0.15) is 24.6 Å². The number of nitrogens with one attached hydrogen (secondary N) is 2. The molecule has 3 heterocycles. The van der Waals surface area contributed by atoms with Crippen LogP contribution in [-0.4, -0.2) is 25.0 Å². The van der Waals surface area contributed by atoms with Gasteiger partial charge < -0.3 is 10.6 Å². The minimum atomic E-state index is -1.89. The minimum Gasteiger partial charge on any atom is -0.373 e. The van der Waals surface area contributed by atoms with Gasteiger partial charge in [0, 0.05) is 23.3 Å². The second-order valence-electron chi connectivity index (χ2n) is 7.86. The molecule has 3 aromatic heterocycles. The molecular weight excluding hydrogens is 524 g/mol. The molecule has 0 spiro atoms. The molecule has 190 valence electrons. The lowest BCUT2D eigenvalue weighted by molar-refractivity contribution is 0.317. The molecule has 5 rings (SSSR count). The summed E-state index contributed by atoms with van der Waals surface area (Å²) >= 11 is 6.52. The van der Waals surface area contributed by atoms with Crippen molar-refractivity contribution in [2.75, 3.05) is 10.6 Å². The number of alkyl halides is 1. The Hall–Kier alpha value is -4.76. The lowest BCUT2D eigenvalue weighted by Crippen LogP contribution is -2.14. The zero-order valence-electron chi connectivity index (χ0n) is 20.1. The summed E-state index contributed by atoms with van der Waals surface area (Å²) in [6, 6.07) is 9.01. The molecule has 1 atom stereocenters. The Morgan fingerprint density at radius 2 is 1.84 bits per heavy atom. The number of pyridine rings is 2. The smallest absolute Gasteiger partial charge is 0.249 e. The molecule has 0 aliphatic carbocycles. The summed E-state index contributed by atoms with van der Waals surface area (Å²) in [4.78, 5) is 8.33. The Balaban J connectivity index is 1.65. The topological polar surface area (TPSA) is 104 Å². The SMILES string of the molecule is [2H][C@](Nc1cc(Cl)c2ncc(C#N)c(Nc3cnc(F)c(F)c3)c2c1)(c1ccc(F)cc1)c1cnn(CF)n1. The molecule has 13 heteroatoms. The molecular formula is C25H15ClF4N8. The number of fused-ring (bicyclic) bond motifs is 1. The second-order valence-corrected chi connectivity index (χ2v) is 8.27. The Morgan fingerprint density at radius 3 is 2.53 bits per heavy atom. The van der Waals surface area contributed by atoms with Crippen LogP contribution in [0.15, 0.2) is 61.1 Å². The highest BCUT2D eigenvalue weighted by atomic mass is 35.5. The summed E-state index contributed by atoms with van der Waals surface area (Å²) in [5.74, 6) is -3.01. The highest BCUT2D eigenvalue weighted by molar-refractivity contribution is 6.36. The van der Waals surface area contributed by atoms with Gasteiger partial charge in [0.1, 0.15) is 17.6 Å². The number of nitriles is 1. The molecule has 0 aliphatic rings. The Kier molecular flexibility index (Phi) is 6.41. The van der Waals surface area contributed by atoms with Crippen molar-refractivity contribution in [3.63, 3.8) is 0 Å². The van der Waals surface area contributed by atoms with Crippen molar-refractivity contribution < 1.29 is 18.9 Å². The van der Waals surface area contributed by atoms with E-state index in [0.29, 0.717) is 5.39 Å². The van der Waals surface area contributed by atoms with Crippen molar-refractivity contribution in [2.24, 2.45) is 0 Å². The number of halogens is 5. The van der Waals surface area contributed by atoms with Gasteiger partial charge in [-0.15, -0.1) is 0 Å². The van der Waals surface area contributed by atoms with Crippen LogP contribution in [0.4, 0.5) is 34.6 Å². The lowest BCUT2D eigenvalue weighted by Gasteiger charge is -2.20. The number of hydrogen-bond donors (Lipinski definition) is 2. The van der Waals surface area contributed by atoms with Crippen LogP contribution < -0.4 is 10.6 Å². The molecule has 0 aliphatic heterocycles. The van der Waals surface area contributed by atoms with Crippen molar-refractivity contribution in [1.29, 1.82) is 5.26 Å². The highest BCUT2D eigenvalue weighted by Crippen LogP contribution is 2.36. The number of aromatic nitrogens is 5. The number of anilines is 3. The third kappa shape index (κ3) is 4.91. The summed E-state index contributed by atoms with van der Waals surface area (Å²) in [5, 5.41) is 23.8. The van der Waals surface area contributed by atoms with Crippen LogP contribution in [0.3, 0.4) is 0 Å². The standard InChI is InChI=1S/C25H15ClF4N8/c26-19-6-16(35-23(13-1-3-15(28)4-2-13)21-11-34-38(12-27)37-21)5-18-22(14(8-31)9-32-24(18)19)36-17-7-20(29)25(30)33-10-17/h1-7,9-11,23,35H,12H2,(H,32,36)/t23-/m0/s1/i23D. The molecule has 0 amide bonds. The third-order valence-electron chi connectivity index (χ3n) is 5.41. The van der Waals surface area contributed by atoms with Crippen LogP contribution in [0.2, 0.25) is 5.02 Å². The monoisotopic (exact) mass is 539 g/mol. The van der Waals surface area contributed by atoms with Crippen molar-refractivity contribution in [1.82, 2.24) is 25.0 Å². The van der Waals surface area contributed by atoms with Gasteiger partial charge in [-0.25, -0.2) is 18.2 Å². The van der Waals surface area contributed by atoms with Gasteiger partial charge in [-0.3, -0.25) is 4.98 Å². The number of hydrogen-bond acceptors (Lipinski definition) is 7. The molecule has 2 N–H and O–H groups in total. The molecule has 2 aromatic carbocycles. The molecule has 0 bridgehead atoms. The summed E-state index contributed by atoms with van der Waals surface area (Å²) in [6.45, 7) is -1.03. The number of nitrogens with zero attached hydrogens (tertiary/aromatic N) is 6. The van der Waals surface area contributed by atoms with Crippen molar-refractivity contribution in [3.05, 3.63) is 100 Å². The zero-order valence-corrected chi connectivity index (χ0v) is 19.8. The van der Waals surface area contributed by atoms with Gasteiger partial charge in [0.05, 0.1) is 47.3 Å². The first-order valence-corrected chi connectivity index (χ1v) is 11.2. The highest BCUT2D eigenvalue weighted by Gasteiger charge is 2.20. The minimum absolute atomic E-state index is 0.00177. The Morgan fingerprint density at radius 1 is 1.05 bits per heavy atom. The van der Waals surface area contributed by atoms with E-state index < -0.39 is 30.4 Å². The molecule has 5 aromatic rings. The Bertz CT molecular complexity index is 1740. The van der Waals surface area contributed by atoms with E-state index in [1.165, 1.54) is 36.7 Å². The first-order valence-electron chi connectivity index (χ1n) is 11.3. The van der Waals surface area contributed by atoms with E-state index in [2.05, 4.69) is 30.8 Å². The van der Waals surface area contributed by atoms with Crippen molar-refractivity contribution >= 4 is 39.6 Å². The average Bonchev–Trinajstić information content (AvgIpc) is 3.42. The van der Waals surface area contributed by atoms with Crippen molar-refractivity contribution in [3.8, 4) is 6.07 Å². The largest absolute Gasteiger partial charge is 0.373 e. The number of benzene rings is 2. The van der Waals surface area contributed by atoms with Crippen LogP contribution in [0.1, 0.15) is 24.2 Å². The molecule has 0 saturated heterocycles. The van der Waals surface area contributed by atoms with Gasteiger partial charge in [0.15, 0.2) is 5.82 Å². The second kappa shape index (κ2) is 10.3. The maximum Gasteiger partial charge on any atom is 0.249 e. The van der Waals surface area contributed by atoms with Gasteiger partial charge in [-0.1, -0.05) is 23.7 Å². The van der Waals surface area contributed by atoms with E-state index in [9.17, 15) is 24.2 Å². The van der Waals surface area contributed by atoms with E-state index in [1.54, 1.807) is 0 Å². The van der Waals surface area contributed by atoms with Crippen molar-refractivity contribution in [2.45, 2.75) is 12.8 Å². The van der Waals surface area contributed by atoms with Crippen LogP contribution in [0.5, 0.6) is 0 Å². The average molecular weight is 540 g/mol. The molecule has 38 heavy (non-hydrogen) atoms. The summed E-state index contributed by atoms with van der Waals surface area (Å²) in [6.07, 6.45) is 3.51. The molecule has 0 unspecified atom stereocenters.